The van der Waals surface area contributed by atoms with Crippen LogP contribution >= 0.6 is 0 Å². The second kappa shape index (κ2) is 5.60. The van der Waals surface area contributed by atoms with E-state index in [-0.39, 0.29) is 11.9 Å². The monoisotopic (exact) mass is 286 g/mol. The van der Waals surface area contributed by atoms with E-state index in [1.165, 1.54) is 0 Å². The summed E-state index contributed by atoms with van der Waals surface area (Å²) >= 11 is 0. The molecule has 1 aliphatic rings. The highest BCUT2D eigenvalue weighted by Crippen LogP contribution is 2.33. The van der Waals surface area contributed by atoms with Crippen LogP contribution in [0.25, 0.3) is 0 Å². The molecule has 110 valence electrons. The molecule has 0 bridgehead atoms. The number of rotatable bonds is 3. The van der Waals surface area contributed by atoms with Crippen molar-refractivity contribution in [3.8, 4) is 5.75 Å². The average Bonchev–Trinajstić information content (AvgIpc) is 3.15. The predicted molar refractivity (Wildman–Crippen MR) is 77.2 cm³/mol. The van der Waals surface area contributed by atoms with Crippen LogP contribution in [0.4, 0.5) is 0 Å². The van der Waals surface area contributed by atoms with Gasteiger partial charge in [-0.2, -0.15) is 0 Å². The molecule has 5 nitrogen and oxygen atoms in total. The maximum absolute atomic E-state index is 12.5. The lowest BCUT2D eigenvalue weighted by Crippen LogP contribution is -2.30. The lowest BCUT2D eigenvalue weighted by Gasteiger charge is -2.24. The molecule has 0 saturated carbocycles. The molecule has 0 unspecified atom stereocenters. The second-order valence-corrected chi connectivity index (χ2v) is 5.26. The molecule has 2 heterocycles. The summed E-state index contributed by atoms with van der Waals surface area (Å²) in [6.45, 7) is 2.56. The number of ether oxygens (including phenoxy) is 1. The van der Waals surface area contributed by atoms with E-state index in [1.54, 1.807) is 13.2 Å². The lowest BCUT2D eigenvalue weighted by atomic mass is 10.0. The third kappa shape index (κ3) is 2.63. The number of aryl methyl sites for hydroxylation is 1. The summed E-state index contributed by atoms with van der Waals surface area (Å²) in [5, 5.41) is 3.79. The van der Waals surface area contributed by atoms with Crippen molar-refractivity contribution in [1.29, 1.82) is 0 Å². The zero-order valence-corrected chi connectivity index (χ0v) is 12.2. The van der Waals surface area contributed by atoms with E-state index in [0.717, 1.165) is 36.4 Å². The Labute approximate surface area is 123 Å². The number of nitrogens with zero attached hydrogens (tertiary/aromatic N) is 2. The van der Waals surface area contributed by atoms with E-state index in [4.69, 9.17) is 9.26 Å². The molecular formula is C16H18N2O3. The molecule has 21 heavy (non-hydrogen) atoms. The van der Waals surface area contributed by atoms with Crippen molar-refractivity contribution in [3.63, 3.8) is 0 Å². The van der Waals surface area contributed by atoms with Crippen LogP contribution in [0.15, 0.2) is 34.9 Å². The summed E-state index contributed by atoms with van der Waals surface area (Å²) in [6.07, 6.45) is 1.96. The number of methoxy groups -OCH3 is 1. The Hall–Kier alpha value is -2.30. The summed E-state index contributed by atoms with van der Waals surface area (Å²) in [7, 11) is 1.65. The van der Waals surface area contributed by atoms with E-state index >= 15 is 0 Å². The molecule has 1 amide bonds. The number of benzene rings is 1. The Morgan fingerprint density at radius 1 is 1.38 bits per heavy atom. The van der Waals surface area contributed by atoms with Crippen LogP contribution in [-0.2, 0) is 0 Å². The highest BCUT2D eigenvalue weighted by atomic mass is 16.5. The number of amides is 1. The number of hydrogen-bond donors (Lipinski definition) is 0. The summed E-state index contributed by atoms with van der Waals surface area (Å²) in [5.41, 5.74) is 1.84. The molecule has 1 saturated heterocycles. The number of carbonyl (C=O) groups excluding carboxylic acids is 1. The Balaban J connectivity index is 1.83. The molecule has 3 rings (SSSR count). The van der Waals surface area contributed by atoms with Crippen LogP contribution in [0, 0.1) is 6.92 Å². The zero-order valence-electron chi connectivity index (χ0n) is 12.2. The van der Waals surface area contributed by atoms with Gasteiger partial charge < -0.3 is 14.2 Å². The van der Waals surface area contributed by atoms with Gasteiger partial charge in [0.2, 0.25) is 5.76 Å². The SMILES string of the molecule is COc1ccc([C@@H]2CCCN2C(=O)c2cc(C)no2)cc1. The Bertz CT molecular complexity index is 633. The Kier molecular flexibility index (Phi) is 3.64. The maximum atomic E-state index is 12.5. The van der Waals surface area contributed by atoms with Gasteiger partial charge in [0, 0.05) is 12.6 Å². The van der Waals surface area contributed by atoms with E-state index in [9.17, 15) is 4.79 Å². The fraction of sp³-hybridized carbons (Fsp3) is 0.375. The van der Waals surface area contributed by atoms with Gasteiger partial charge in [-0.05, 0) is 37.5 Å². The first-order chi connectivity index (χ1) is 10.2. The van der Waals surface area contributed by atoms with Crippen LogP contribution in [0.5, 0.6) is 5.75 Å². The number of likely N-dealkylation sites (tertiary alicyclic amines) is 1. The van der Waals surface area contributed by atoms with Crippen molar-refractivity contribution < 1.29 is 14.1 Å². The molecule has 5 heteroatoms. The summed E-state index contributed by atoms with van der Waals surface area (Å²) in [6, 6.07) is 9.66. The van der Waals surface area contributed by atoms with Crippen LogP contribution in [0.3, 0.4) is 0 Å². The van der Waals surface area contributed by atoms with Gasteiger partial charge in [-0.3, -0.25) is 4.79 Å². The maximum Gasteiger partial charge on any atom is 0.292 e. The molecule has 0 aliphatic carbocycles. The largest absolute Gasteiger partial charge is 0.497 e. The molecule has 0 N–H and O–H groups in total. The van der Waals surface area contributed by atoms with Crippen LogP contribution < -0.4 is 4.74 Å². The smallest absolute Gasteiger partial charge is 0.292 e. The van der Waals surface area contributed by atoms with Gasteiger partial charge in [-0.1, -0.05) is 17.3 Å². The average molecular weight is 286 g/mol. The van der Waals surface area contributed by atoms with Crippen molar-refractivity contribution in [1.82, 2.24) is 10.1 Å². The first kappa shape index (κ1) is 13.7. The number of aromatic nitrogens is 1. The molecule has 2 aromatic rings. The summed E-state index contributed by atoms with van der Waals surface area (Å²) in [5.74, 6) is 1.04. The molecule has 1 aromatic heterocycles. The first-order valence-corrected chi connectivity index (χ1v) is 7.07. The van der Waals surface area contributed by atoms with Gasteiger partial charge in [-0.15, -0.1) is 0 Å². The molecule has 1 atom stereocenters. The van der Waals surface area contributed by atoms with E-state index in [1.807, 2.05) is 36.1 Å². The minimum atomic E-state index is -0.0890. The lowest BCUT2D eigenvalue weighted by molar-refractivity contribution is 0.0693. The highest BCUT2D eigenvalue weighted by Gasteiger charge is 2.32. The first-order valence-electron chi connectivity index (χ1n) is 7.07. The quantitative estimate of drug-likeness (QED) is 0.870. The third-order valence-corrected chi connectivity index (χ3v) is 3.85. The minimum Gasteiger partial charge on any atom is -0.497 e. The van der Waals surface area contributed by atoms with E-state index in [2.05, 4.69) is 5.16 Å². The molecule has 1 fully saturated rings. The van der Waals surface area contributed by atoms with Crippen LogP contribution in [0.2, 0.25) is 0 Å². The molecular weight excluding hydrogens is 268 g/mol. The topological polar surface area (TPSA) is 55.6 Å². The van der Waals surface area contributed by atoms with Crippen molar-refractivity contribution in [3.05, 3.63) is 47.3 Å². The van der Waals surface area contributed by atoms with Gasteiger partial charge in [0.1, 0.15) is 5.75 Å². The minimum absolute atomic E-state index is 0.0890. The molecule has 1 aliphatic heterocycles. The van der Waals surface area contributed by atoms with E-state index < -0.39 is 0 Å². The predicted octanol–water partition coefficient (Wildman–Crippen LogP) is 2.97. The fourth-order valence-electron chi connectivity index (χ4n) is 2.79. The third-order valence-electron chi connectivity index (χ3n) is 3.85. The van der Waals surface area contributed by atoms with Gasteiger partial charge in [0.05, 0.1) is 18.8 Å². The van der Waals surface area contributed by atoms with Crippen molar-refractivity contribution >= 4 is 5.91 Å². The standard InChI is InChI=1S/C16H18N2O3/c1-11-10-15(21-17-11)16(19)18-9-3-4-14(18)12-5-7-13(20-2)8-6-12/h5-8,10,14H,3-4,9H2,1-2H3/t14-/m0/s1. The molecule has 1 aromatic carbocycles. The summed E-state index contributed by atoms with van der Waals surface area (Å²) < 4.78 is 10.3. The molecule has 0 radical (unpaired) electrons. The second-order valence-electron chi connectivity index (χ2n) is 5.26. The van der Waals surface area contributed by atoms with Gasteiger partial charge >= 0.3 is 0 Å². The van der Waals surface area contributed by atoms with Crippen molar-refractivity contribution in [2.24, 2.45) is 0 Å². The highest BCUT2D eigenvalue weighted by molar-refractivity contribution is 5.92. The van der Waals surface area contributed by atoms with Crippen molar-refractivity contribution in [2.75, 3.05) is 13.7 Å². The fourth-order valence-corrected chi connectivity index (χ4v) is 2.79. The number of carbonyl (C=O) groups is 1. The van der Waals surface area contributed by atoms with Crippen LogP contribution in [0.1, 0.15) is 40.7 Å². The molecule has 0 spiro atoms. The normalized spacial score (nSPS) is 18.0. The Morgan fingerprint density at radius 2 is 2.14 bits per heavy atom. The van der Waals surface area contributed by atoms with Gasteiger partial charge in [0.15, 0.2) is 0 Å². The number of hydrogen-bond acceptors (Lipinski definition) is 4. The Morgan fingerprint density at radius 3 is 2.76 bits per heavy atom. The van der Waals surface area contributed by atoms with Gasteiger partial charge in [0.25, 0.3) is 5.91 Å². The van der Waals surface area contributed by atoms with Gasteiger partial charge in [-0.25, -0.2) is 0 Å². The zero-order chi connectivity index (χ0) is 14.8. The van der Waals surface area contributed by atoms with E-state index in [0.29, 0.717) is 5.76 Å². The summed E-state index contributed by atoms with van der Waals surface area (Å²) in [4.78, 5) is 14.4. The van der Waals surface area contributed by atoms with Crippen molar-refractivity contribution in [2.45, 2.75) is 25.8 Å². The van der Waals surface area contributed by atoms with Crippen LogP contribution in [-0.4, -0.2) is 29.6 Å².